The fraction of sp³-hybridized carbons (Fsp3) is 0.619. The van der Waals surface area contributed by atoms with Gasteiger partial charge in [0.25, 0.3) is 0 Å². The van der Waals surface area contributed by atoms with Gasteiger partial charge in [-0.25, -0.2) is 4.79 Å². The second kappa shape index (κ2) is 6.60. The summed E-state index contributed by atoms with van der Waals surface area (Å²) >= 11 is 0. The molecule has 0 atom stereocenters. The number of anilines is 1. The monoisotopic (exact) mass is 355 g/mol. The summed E-state index contributed by atoms with van der Waals surface area (Å²) in [6.45, 7) is 6.52. The molecule has 1 aromatic rings. The Labute approximate surface area is 155 Å². The van der Waals surface area contributed by atoms with Crippen LogP contribution in [0.15, 0.2) is 18.2 Å². The summed E-state index contributed by atoms with van der Waals surface area (Å²) in [5, 5.41) is 3.11. The Morgan fingerprint density at radius 1 is 1.12 bits per heavy atom. The van der Waals surface area contributed by atoms with Gasteiger partial charge in [-0.2, -0.15) is 0 Å². The van der Waals surface area contributed by atoms with E-state index in [1.165, 1.54) is 12.8 Å². The lowest BCUT2D eigenvalue weighted by atomic mass is 9.72. The molecule has 2 saturated heterocycles. The number of benzene rings is 1. The van der Waals surface area contributed by atoms with Crippen molar-refractivity contribution >= 4 is 17.6 Å². The lowest BCUT2D eigenvalue weighted by Crippen LogP contribution is -2.53. The summed E-state index contributed by atoms with van der Waals surface area (Å²) in [5.41, 5.74) is 3.35. The quantitative estimate of drug-likeness (QED) is 0.879. The maximum Gasteiger partial charge on any atom is 0.321 e. The van der Waals surface area contributed by atoms with Gasteiger partial charge in [0, 0.05) is 37.8 Å². The molecule has 0 radical (unpaired) electrons. The Balaban J connectivity index is 1.37. The highest BCUT2D eigenvalue weighted by Crippen LogP contribution is 2.43. The number of para-hydroxylation sites is 1. The molecule has 3 fully saturated rings. The van der Waals surface area contributed by atoms with Gasteiger partial charge < -0.3 is 15.1 Å². The van der Waals surface area contributed by atoms with Crippen molar-refractivity contribution in [3.8, 4) is 0 Å². The smallest absolute Gasteiger partial charge is 0.321 e. The maximum absolute atomic E-state index is 12.7. The lowest BCUT2D eigenvalue weighted by Gasteiger charge is -2.47. The van der Waals surface area contributed by atoms with E-state index in [9.17, 15) is 9.59 Å². The molecule has 0 aromatic heterocycles. The minimum atomic E-state index is 0.00295. The fourth-order valence-electron chi connectivity index (χ4n) is 4.55. The van der Waals surface area contributed by atoms with Gasteiger partial charge in [0.05, 0.1) is 0 Å². The Bertz CT molecular complexity index is 698. The van der Waals surface area contributed by atoms with Crippen LogP contribution in [0.1, 0.15) is 49.7 Å². The molecule has 26 heavy (non-hydrogen) atoms. The molecule has 3 amide bonds. The van der Waals surface area contributed by atoms with Crippen molar-refractivity contribution in [2.24, 2.45) is 5.41 Å². The van der Waals surface area contributed by atoms with E-state index in [2.05, 4.69) is 10.2 Å². The largest absolute Gasteiger partial charge is 0.339 e. The standard InChI is InChI=1S/C21H29N3O2/c1-15-4-3-5-16(2)19(15)22-20(26)23-12-10-21(11-13-23)9-8-18(25)24(14-21)17-6-7-17/h3-5,17H,6-14H2,1-2H3,(H,22,26). The van der Waals surface area contributed by atoms with Crippen LogP contribution in [0.4, 0.5) is 10.5 Å². The first-order valence-corrected chi connectivity index (χ1v) is 9.89. The van der Waals surface area contributed by atoms with Crippen molar-refractivity contribution in [2.45, 2.75) is 58.4 Å². The van der Waals surface area contributed by atoms with Crippen molar-refractivity contribution in [1.82, 2.24) is 9.80 Å². The van der Waals surface area contributed by atoms with Crippen LogP contribution in [0, 0.1) is 19.3 Å². The number of hydrogen-bond acceptors (Lipinski definition) is 2. The predicted octanol–water partition coefficient (Wildman–Crippen LogP) is 3.70. The van der Waals surface area contributed by atoms with Gasteiger partial charge in [0.15, 0.2) is 0 Å². The van der Waals surface area contributed by atoms with E-state index in [0.717, 1.165) is 55.7 Å². The molecule has 4 rings (SSSR count). The Morgan fingerprint density at radius 3 is 2.38 bits per heavy atom. The van der Waals surface area contributed by atoms with Crippen LogP contribution in [0.25, 0.3) is 0 Å². The third kappa shape index (κ3) is 3.31. The Morgan fingerprint density at radius 2 is 1.77 bits per heavy atom. The van der Waals surface area contributed by atoms with Crippen LogP contribution in [0.5, 0.6) is 0 Å². The van der Waals surface area contributed by atoms with Crippen LogP contribution in [-0.2, 0) is 4.79 Å². The number of nitrogens with zero attached hydrogens (tertiary/aromatic N) is 2. The van der Waals surface area contributed by atoms with Crippen molar-refractivity contribution in [3.63, 3.8) is 0 Å². The van der Waals surface area contributed by atoms with Crippen LogP contribution >= 0.6 is 0 Å². The lowest BCUT2D eigenvalue weighted by molar-refractivity contribution is -0.139. The van der Waals surface area contributed by atoms with Crippen molar-refractivity contribution < 1.29 is 9.59 Å². The SMILES string of the molecule is Cc1cccc(C)c1NC(=O)N1CCC2(CCC(=O)N(C3CC3)C2)CC1. The topological polar surface area (TPSA) is 52.7 Å². The van der Waals surface area contributed by atoms with Crippen molar-refractivity contribution in [1.29, 1.82) is 0 Å². The van der Waals surface area contributed by atoms with Crippen LogP contribution in [0.3, 0.4) is 0 Å². The van der Waals surface area contributed by atoms with E-state index in [4.69, 9.17) is 0 Å². The van der Waals surface area contributed by atoms with E-state index in [1.54, 1.807) is 0 Å². The average Bonchev–Trinajstić information content (AvgIpc) is 3.46. The second-order valence-electron chi connectivity index (χ2n) is 8.44. The molecule has 1 aliphatic carbocycles. The number of hydrogen-bond donors (Lipinski definition) is 1. The number of rotatable bonds is 2. The minimum absolute atomic E-state index is 0.00295. The number of aryl methyl sites for hydroxylation is 2. The van der Waals surface area contributed by atoms with Crippen LogP contribution in [0.2, 0.25) is 0 Å². The van der Waals surface area contributed by atoms with Gasteiger partial charge in [0.1, 0.15) is 0 Å². The van der Waals surface area contributed by atoms with Gasteiger partial charge >= 0.3 is 6.03 Å². The molecule has 3 aliphatic rings. The molecule has 140 valence electrons. The number of urea groups is 1. The molecule has 1 N–H and O–H groups in total. The Kier molecular flexibility index (Phi) is 4.41. The van der Waals surface area contributed by atoms with Crippen LogP contribution < -0.4 is 5.32 Å². The molecular formula is C21H29N3O2. The third-order valence-electron chi connectivity index (χ3n) is 6.51. The summed E-state index contributed by atoms with van der Waals surface area (Å²) in [7, 11) is 0. The zero-order valence-corrected chi connectivity index (χ0v) is 15.9. The summed E-state index contributed by atoms with van der Waals surface area (Å²) in [6, 6.07) is 6.58. The minimum Gasteiger partial charge on any atom is -0.339 e. The highest BCUT2D eigenvalue weighted by Gasteiger charge is 2.45. The molecule has 2 aliphatic heterocycles. The zero-order chi connectivity index (χ0) is 18.3. The summed E-state index contributed by atoms with van der Waals surface area (Å²) in [4.78, 5) is 29.0. The van der Waals surface area contributed by atoms with Crippen LogP contribution in [-0.4, -0.2) is 47.4 Å². The van der Waals surface area contributed by atoms with E-state index in [0.29, 0.717) is 18.4 Å². The first-order valence-electron chi connectivity index (χ1n) is 9.89. The number of likely N-dealkylation sites (tertiary alicyclic amines) is 2. The van der Waals surface area contributed by atoms with Gasteiger partial charge in [-0.15, -0.1) is 0 Å². The molecule has 0 bridgehead atoms. The predicted molar refractivity (Wildman–Crippen MR) is 102 cm³/mol. The second-order valence-corrected chi connectivity index (χ2v) is 8.44. The molecular weight excluding hydrogens is 326 g/mol. The summed E-state index contributed by atoms with van der Waals surface area (Å²) in [5.74, 6) is 0.341. The molecule has 5 heteroatoms. The highest BCUT2D eigenvalue weighted by atomic mass is 16.2. The van der Waals surface area contributed by atoms with Crippen molar-refractivity contribution in [3.05, 3.63) is 29.3 Å². The normalized spacial score (nSPS) is 22.6. The fourth-order valence-corrected chi connectivity index (χ4v) is 4.55. The number of carbonyl (C=O) groups is 2. The Hall–Kier alpha value is -2.04. The first kappa shape index (κ1) is 17.4. The maximum atomic E-state index is 12.7. The van der Waals surface area contributed by atoms with Gasteiger partial charge in [-0.3, -0.25) is 4.79 Å². The summed E-state index contributed by atoms with van der Waals surface area (Å²) < 4.78 is 0. The van der Waals surface area contributed by atoms with E-state index < -0.39 is 0 Å². The van der Waals surface area contributed by atoms with E-state index in [-0.39, 0.29) is 11.4 Å². The molecule has 2 heterocycles. The number of carbonyl (C=O) groups excluding carboxylic acids is 2. The summed E-state index contributed by atoms with van der Waals surface area (Å²) in [6.07, 6.45) is 6.03. The zero-order valence-electron chi connectivity index (χ0n) is 15.9. The number of amides is 3. The van der Waals surface area contributed by atoms with Gasteiger partial charge in [-0.05, 0) is 62.5 Å². The molecule has 5 nitrogen and oxygen atoms in total. The molecule has 1 spiro atoms. The van der Waals surface area contributed by atoms with Gasteiger partial charge in [0.2, 0.25) is 5.91 Å². The number of piperidine rings is 2. The van der Waals surface area contributed by atoms with Crippen molar-refractivity contribution in [2.75, 3.05) is 25.0 Å². The molecule has 1 aromatic carbocycles. The molecule has 0 unspecified atom stereocenters. The third-order valence-corrected chi connectivity index (χ3v) is 6.51. The number of nitrogens with one attached hydrogen (secondary N) is 1. The van der Waals surface area contributed by atoms with E-state index in [1.807, 2.05) is 36.9 Å². The highest BCUT2D eigenvalue weighted by molar-refractivity contribution is 5.91. The van der Waals surface area contributed by atoms with E-state index >= 15 is 0 Å². The average molecular weight is 355 g/mol. The first-order chi connectivity index (χ1) is 12.5. The molecule has 1 saturated carbocycles. The van der Waals surface area contributed by atoms with Gasteiger partial charge in [-0.1, -0.05) is 18.2 Å².